The van der Waals surface area contributed by atoms with Crippen LogP contribution < -0.4 is 5.32 Å². The van der Waals surface area contributed by atoms with E-state index in [2.05, 4.69) is 59.1 Å². The van der Waals surface area contributed by atoms with E-state index in [9.17, 15) is 8.42 Å². The van der Waals surface area contributed by atoms with E-state index in [0.29, 0.717) is 5.92 Å². The van der Waals surface area contributed by atoms with E-state index in [4.69, 9.17) is 0 Å². The fourth-order valence-electron chi connectivity index (χ4n) is 3.35. The summed E-state index contributed by atoms with van der Waals surface area (Å²) in [5.41, 5.74) is 1.28. The molecule has 1 aromatic rings. The molecule has 1 aliphatic rings. The highest BCUT2D eigenvalue weighted by molar-refractivity contribution is 14.1. The Balaban J connectivity index is 2.22. The van der Waals surface area contributed by atoms with Crippen molar-refractivity contribution >= 4 is 32.4 Å². The van der Waals surface area contributed by atoms with Gasteiger partial charge in [0.1, 0.15) is 9.84 Å². The monoisotopic (exact) mass is 421 g/mol. The van der Waals surface area contributed by atoms with Gasteiger partial charge in [-0.2, -0.15) is 0 Å². The van der Waals surface area contributed by atoms with Crippen LogP contribution in [0.1, 0.15) is 44.2 Å². The third-order valence-electron chi connectivity index (χ3n) is 4.38. The van der Waals surface area contributed by atoms with Crippen molar-refractivity contribution in [3.05, 3.63) is 33.4 Å². The standard InChI is InChI=1S/C16H24INO2S/c1-3-18-16(12-6-4-8-14(17)10-12)13-7-5-9-15(11-13)21(2,19)20/h4,6,8,10,13,15-16,18H,3,5,7,9,11H2,1-2H3. The second-order valence-corrected chi connectivity index (χ2v) is 9.54. The summed E-state index contributed by atoms with van der Waals surface area (Å²) in [6.07, 6.45) is 5.10. The molecule has 118 valence electrons. The molecular formula is C16H24INO2S. The van der Waals surface area contributed by atoms with Crippen LogP contribution in [0.5, 0.6) is 0 Å². The maximum atomic E-state index is 11.9. The summed E-state index contributed by atoms with van der Waals surface area (Å²) in [5, 5.41) is 3.40. The van der Waals surface area contributed by atoms with E-state index in [1.54, 1.807) is 0 Å². The molecule has 1 aromatic carbocycles. The number of halogens is 1. The summed E-state index contributed by atoms with van der Waals surface area (Å²) in [7, 11) is -2.93. The maximum Gasteiger partial charge on any atom is 0.150 e. The highest BCUT2D eigenvalue weighted by Crippen LogP contribution is 2.37. The fourth-order valence-corrected chi connectivity index (χ4v) is 5.11. The van der Waals surface area contributed by atoms with E-state index in [1.807, 2.05) is 0 Å². The third kappa shape index (κ3) is 4.66. The number of nitrogens with one attached hydrogen (secondary N) is 1. The second kappa shape index (κ2) is 7.42. The zero-order chi connectivity index (χ0) is 15.5. The first kappa shape index (κ1) is 17.2. The van der Waals surface area contributed by atoms with Gasteiger partial charge in [-0.1, -0.05) is 25.5 Å². The largest absolute Gasteiger partial charge is 0.310 e. The van der Waals surface area contributed by atoms with Crippen molar-refractivity contribution in [1.29, 1.82) is 0 Å². The van der Waals surface area contributed by atoms with Crippen LogP contribution in [0.3, 0.4) is 0 Å². The van der Waals surface area contributed by atoms with E-state index >= 15 is 0 Å². The van der Waals surface area contributed by atoms with Crippen molar-refractivity contribution in [2.24, 2.45) is 5.92 Å². The predicted molar refractivity (Wildman–Crippen MR) is 96.2 cm³/mol. The van der Waals surface area contributed by atoms with Crippen molar-refractivity contribution < 1.29 is 8.42 Å². The lowest BCUT2D eigenvalue weighted by Crippen LogP contribution is -2.35. The maximum absolute atomic E-state index is 11.9. The van der Waals surface area contributed by atoms with Crippen molar-refractivity contribution in [3.8, 4) is 0 Å². The first-order chi connectivity index (χ1) is 9.91. The van der Waals surface area contributed by atoms with E-state index in [0.717, 1.165) is 32.2 Å². The van der Waals surface area contributed by atoms with Gasteiger partial charge in [0.25, 0.3) is 0 Å². The lowest BCUT2D eigenvalue weighted by Gasteiger charge is -2.34. The molecule has 0 radical (unpaired) electrons. The predicted octanol–water partition coefficient (Wildman–Crippen LogP) is 3.55. The lowest BCUT2D eigenvalue weighted by atomic mass is 9.81. The molecule has 0 amide bonds. The Kier molecular flexibility index (Phi) is 6.08. The van der Waals surface area contributed by atoms with Gasteiger partial charge in [-0.3, -0.25) is 0 Å². The molecule has 1 aliphatic carbocycles. The van der Waals surface area contributed by atoms with Gasteiger partial charge in [0.15, 0.2) is 0 Å². The molecule has 3 unspecified atom stereocenters. The summed E-state index contributed by atoms with van der Waals surface area (Å²) in [4.78, 5) is 0. The zero-order valence-electron chi connectivity index (χ0n) is 12.7. The van der Waals surface area contributed by atoms with Gasteiger partial charge in [0.2, 0.25) is 0 Å². The van der Waals surface area contributed by atoms with Gasteiger partial charge >= 0.3 is 0 Å². The Morgan fingerprint density at radius 2 is 2.14 bits per heavy atom. The van der Waals surface area contributed by atoms with Crippen LogP contribution in [0.4, 0.5) is 0 Å². The van der Waals surface area contributed by atoms with Crippen LogP contribution in [-0.2, 0) is 9.84 Å². The normalized spacial score (nSPS) is 24.7. The van der Waals surface area contributed by atoms with Crippen molar-refractivity contribution in [2.75, 3.05) is 12.8 Å². The number of sulfone groups is 1. The molecule has 21 heavy (non-hydrogen) atoms. The summed E-state index contributed by atoms with van der Waals surface area (Å²) < 4.78 is 25.0. The summed E-state index contributed by atoms with van der Waals surface area (Å²) >= 11 is 2.33. The van der Waals surface area contributed by atoms with Crippen molar-refractivity contribution in [3.63, 3.8) is 0 Å². The zero-order valence-corrected chi connectivity index (χ0v) is 15.7. The average molecular weight is 421 g/mol. The molecule has 3 atom stereocenters. The van der Waals surface area contributed by atoms with Crippen molar-refractivity contribution in [1.82, 2.24) is 5.32 Å². The van der Waals surface area contributed by atoms with Crippen LogP contribution in [0.2, 0.25) is 0 Å². The molecule has 3 nitrogen and oxygen atoms in total. The summed E-state index contributed by atoms with van der Waals surface area (Å²) in [6, 6.07) is 8.79. The number of hydrogen-bond acceptors (Lipinski definition) is 3. The molecule has 0 saturated heterocycles. The van der Waals surface area contributed by atoms with E-state index in [-0.39, 0.29) is 11.3 Å². The van der Waals surface area contributed by atoms with Crippen molar-refractivity contribution in [2.45, 2.75) is 43.9 Å². The van der Waals surface area contributed by atoms with E-state index in [1.165, 1.54) is 15.4 Å². The first-order valence-corrected chi connectivity index (χ1v) is 10.6. The Morgan fingerprint density at radius 3 is 2.76 bits per heavy atom. The lowest BCUT2D eigenvalue weighted by molar-refractivity contribution is 0.275. The smallest absolute Gasteiger partial charge is 0.150 e. The Bertz CT molecular complexity index is 573. The third-order valence-corrected chi connectivity index (χ3v) is 6.69. The van der Waals surface area contributed by atoms with Gasteiger partial charge in [0.05, 0.1) is 5.25 Å². The summed E-state index contributed by atoms with van der Waals surface area (Å²) in [5.74, 6) is 0.400. The molecule has 1 N–H and O–H groups in total. The minimum Gasteiger partial charge on any atom is -0.310 e. The van der Waals surface area contributed by atoms with Gasteiger partial charge in [-0.15, -0.1) is 0 Å². The van der Waals surface area contributed by atoms with Gasteiger partial charge < -0.3 is 5.32 Å². The van der Waals surface area contributed by atoms with Crippen LogP contribution in [0.15, 0.2) is 24.3 Å². The molecule has 0 heterocycles. The minimum atomic E-state index is -2.93. The topological polar surface area (TPSA) is 46.2 Å². The Morgan fingerprint density at radius 1 is 1.38 bits per heavy atom. The molecule has 1 fully saturated rings. The second-order valence-electron chi connectivity index (χ2n) is 5.97. The Hall–Kier alpha value is -0.140. The fraction of sp³-hybridized carbons (Fsp3) is 0.625. The van der Waals surface area contributed by atoms with Crippen LogP contribution in [0.25, 0.3) is 0 Å². The molecule has 0 bridgehead atoms. The molecule has 0 spiro atoms. The first-order valence-electron chi connectivity index (χ1n) is 7.59. The average Bonchev–Trinajstić information content (AvgIpc) is 2.44. The number of hydrogen-bond donors (Lipinski definition) is 1. The molecule has 5 heteroatoms. The molecule has 0 aliphatic heterocycles. The highest BCUT2D eigenvalue weighted by Gasteiger charge is 2.33. The minimum absolute atomic E-state index is 0.166. The molecular weight excluding hydrogens is 397 g/mol. The van der Waals surface area contributed by atoms with Crippen LogP contribution in [0, 0.1) is 9.49 Å². The molecule has 1 saturated carbocycles. The highest BCUT2D eigenvalue weighted by atomic mass is 127. The SMILES string of the molecule is CCNC(c1cccc(I)c1)C1CCCC(S(C)(=O)=O)C1. The number of benzene rings is 1. The summed E-state index contributed by atoms with van der Waals surface area (Å²) in [6.45, 7) is 3.01. The Labute approximate surface area is 142 Å². The quantitative estimate of drug-likeness (QED) is 0.740. The van der Waals surface area contributed by atoms with Gasteiger partial charge in [0, 0.05) is 15.9 Å². The van der Waals surface area contributed by atoms with Gasteiger partial charge in [-0.25, -0.2) is 8.42 Å². The number of rotatable bonds is 5. The van der Waals surface area contributed by atoms with Crippen LogP contribution in [-0.4, -0.2) is 26.5 Å². The van der Waals surface area contributed by atoms with E-state index < -0.39 is 9.84 Å². The molecule has 0 aromatic heterocycles. The van der Waals surface area contributed by atoms with Crippen LogP contribution >= 0.6 is 22.6 Å². The van der Waals surface area contributed by atoms with Gasteiger partial charge in [-0.05, 0) is 72.0 Å². The molecule has 2 rings (SSSR count).